The summed E-state index contributed by atoms with van der Waals surface area (Å²) in [5.41, 5.74) is 4.27. The van der Waals surface area contributed by atoms with Gasteiger partial charge in [0.25, 0.3) is 0 Å². The van der Waals surface area contributed by atoms with E-state index in [0.29, 0.717) is 0 Å². The molecule has 0 unspecified atom stereocenters. The predicted molar refractivity (Wildman–Crippen MR) is 91.0 cm³/mol. The van der Waals surface area contributed by atoms with E-state index in [1.165, 1.54) is 34.9 Å². The Morgan fingerprint density at radius 1 is 1.14 bits per heavy atom. The average Bonchev–Trinajstić information content (AvgIpc) is 2.79. The van der Waals surface area contributed by atoms with Crippen LogP contribution in [0.3, 0.4) is 0 Å². The Bertz CT molecular complexity index is 589. The SMILES string of the molecule is CCCCn1cc(CCCO)c2cc(C(C)(C)C)ccc21. The van der Waals surface area contributed by atoms with Crippen LogP contribution in [0.1, 0.15) is 58.1 Å². The van der Waals surface area contributed by atoms with E-state index in [4.69, 9.17) is 5.11 Å². The molecule has 2 aromatic rings. The third kappa shape index (κ3) is 3.68. The first-order valence-electron chi connectivity index (χ1n) is 8.20. The number of hydrogen-bond donors (Lipinski definition) is 1. The number of hydrogen-bond acceptors (Lipinski definition) is 1. The number of rotatable bonds is 6. The molecule has 1 heterocycles. The van der Waals surface area contributed by atoms with Gasteiger partial charge in [-0.05, 0) is 47.9 Å². The van der Waals surface area contributed by atoms with Crippen molar-refractivity contribution >= 4 is 10.9 Å². The lowest BCUT2D eigenvalue weighted by Crippen LogP contribution is -2.10. The third-order valence-electron chi connectivity index (χ3n) is 4.19. The second-order valence-corrected chi connectivity index (χ2v) is 7.01. The zero-order valence-corrected chi connectivity index (χ0v) is 13.9. The molecule has 2 heteroatoms. The van der Waals surface area contributed by atoms with Crippen molar-refractivity contribution in [2.75, 3.05) is 6.61 Å². The molecule has 1 aromatic carbocycles. The van der Waals surface area contributed by atoms with Crippen LogP contribution in [-0.4, -0.2) is 16.3 Å². The number of fused-ring (bicyclic) bond motifs is 1. The minimum absolute atomic E-state index is 0.175. The molecule has 116 valence electrons. The van der Waals surface area contributed by atoms with Gasteiger partial charge in [0.15, 0.2) is 0 Å². The van der Waals surface area contributed by atoms with Gasteiger partial charge in [-0.25, -0.2) is 0 Å². The molecule has 0 saturated heterocycles. The first kappa shape index (κ1) is 16.1. The average molecular weight is 287 g/mol. The Morgan fingerprint density at radius 2 is 1.90 bits per heavy atom. The summed E-state index contributed by atoms with van der Waals surface area (Å²) >= 11 is 0. The predicted octanol–water partition coefficient (Wildman–Crippen LogP) is 4.66. The molecular weight excluding hydrogens is 258 g/mol. The number of aliphatic hydroxyl groups excluding tert-OH is 1. The van der Waals surface area contributed by atoms with E-state index < -0.39 is 0 Å². The highest BCUT2D eigenvalue weighted by molar-refractivity contribution is 5.85. The number of aromatic nitrogens is 1. The van der Waals surface area contributed by atoms with Crippen LogP contribution in [0.15, 0.2) is 24.4 Å². The molecule has 0 atom stereocenters. The van der Waals surface area contributed by atoms with Crippen molar-refractivity contribution in [3.8, 4) is 0 Å². The maximum Gasteiger partial charge on any atom is 0.0483 e. The van der Waals surface area contributed by atoms with Crippen molar-refractivity contribution in [1.82, 2.24) is 4.57 Å². The molecule has 2 rings (SSSR count). The normalized spacial score (nSPS) is 12.2. The van der Waals surface area contributed by atoms with Crippen molar-refractivity contribution in [3.05, 3.63) is 35.5 Å². The fourth-order valence-corrected chi connectivity index (χ4v) is 2.82. The van der Waals surface area contributed by atoms with E-state index in [2.05, 4.69) is 56.7 Å². The Kier molecular flexibility index (Phi) is 5.10. The summed E-state index contributed by atoms with van der Waals surface area (Å²) < 4.78 is 2.39. The van der Waals surface area contributed by atoms with Crippen LogP contribution in [0.2, 0.25) is 0 Å². The monoisotopic (exact) mass is 287 g/mol. The van der Waals surface area contributed by atoms with Crippen LogP contribution < -0.4 is 0 Å². The first-order valence-corrected chi connectivity index (χ1v) is 8.20. The Balaban J connectivity index is 2.47. The number of unbranched alkanes of at least 4 members (excludes halogenated alkanes) is 1. The molecule has 0 radical (unpaired) electrons. The van der Waals surface area contributed by atoms with Crippen molar-refractivity contribution in [1.29, 1.82) is 0 Å². The van der Waals surface area contributed by atoms with Crippen molar-refractivity contribution in [3.63, 3.8) is 0 Å². The van der Waals surface area contributed by atoms with Gasteiger partial charge in [0, 0.05) is 30.3 Å². The third-order valence-corrected chi connectivity index (χ3v) is 4.19. The number of benzene rings is 1. The number of aryl methyl sites for hydroxylation is 2. The molecule has 0 saturated carbocycles. The molecule has 21 heavy (non-hydrogen) atoms. The highest BCUT2D eigenvalue weighted by Gasteiger charge is 2.16. The molecule has 0 bridgehead atoms. The Morgan fingerprint density at radius 3 is 2.52 bits per heavy atom. The minimum Gasteiger partial charge on any atom is -0.396 e. The van der Waals surface area contributed by atoms with Crippen molar-refractivity contribution < 1.29 is 5.11 Å². The second kappa shape index (κ2) is 6.65. The van der Waals surface area contributed by atoms with Crippen LogP contribution in [0, 0.1) is 0 Å². The maximum atomic E-state index is 9.12. The van der Waals surface area contributed by atoms with Gasteiger partial charge < -0.3 is 9.67 Å². The zero-order chi connectivity index (χ0) is 15.5. The van der Waals surface area contributed by atoms with E-state index in [0.717, 1.165) is 19.4 Å². The first-order chi connectivity index (χ1) is 9.97. The molecule has 0 aliphatic heterocycles. The van der Waals surface area contributed by atoms with E-state index in [9.17, 15) is 0 Å². The standard InChI is InChI=1S/C19H29NO/c1-5-6-11-20-14-15(8-7-12-21)17-13-16(19(2,3)4)9-10-18(17)20/h9-10,13-14,21H,5-8,11-12H2,1-4H3. The summed E-state index contributed by atoms with van der Waals surface area (Å²) in [5.74, 6) is 0. The number of aliphatic hydroxyl groups is 1. The molecule has 0 aliphatic rings. The minimum atomic E-state index is 0.175. The van der Waals surface area contributed by atoms with E-state index in [1.54, 1.807) is 0 Å². The second-order valence-electron chi connectivity index (χ2n) is 7.01. The van der Waals surface area contributed by atoms with Gasteiger partial charge in [-0.15, -0.1) is 0 Å². The van der Waals surface area contributed by atoms with E-state index in [-0.39, 0.29) is 12.0 Å². The smallest absolute Gasteiger partial charge is 0.0483 e. The Hall–Kier alpha value is -1.28. The summed E-state index contributed by atoms with van der Waals surface area (Å²) in [5, 5.41) is 10.5. The van der Waals surface area contributed by atoms with Gasteiger partial charge in [0.2, 0.25) is 0 Å². The lowest BCUT2D eigenvalue weighted by Gasteiger charge is -2.19. The van der Waals surface area contributed by atoms with Gasteiger partial charge >= 0.3 is 0 Å². The Labute approximate surface area is 128 Å². The quantitative estimate of drug-likeness (QED) is 0.821. The summed E-state index contributed by atoms with van der Waals surface area (Å²) in [6.07, 6.45) is 6.52. The van der Waals surface area contributed by atoms with Gasteiger partial charge in [-0.1, -0.05) is 40.2 Å². The highest BCUT2D eigenvalue weighted by atomic mass is 16.2. The highest BCUT2D eigenvalue weighted by Crippen LogP contribution is 2.30. The molecule has 0 spiro atoms. The zero-order valence-electron chi connectivity index (χ0n) is 13.9. The molecule has 1 N–H and O–H groups in total. The van der Waals surface area contributed by atoms with Gasteiger partial charge in [0.1, 0.15) is 0 Å². The molecular formula is C19H29NO. The van der Waals surface area contributed by atoms with Crippen LogP contribution >= 0.6 is 0 Å². The van der Waals surface area contributed by atoms with Crippen LogP contribution in [0.25, 0.3) is 10.9 Å². The van der Waals surface area contributed by atoms with Gasteiger partial charge in [-0.2, -0.15) is 0 Å². The van der Waals surface area contributed by atoms with Crippen LogP contribution in [0.5, 0.6) is 0 Å². The van der Waals surface area contributed by atoms with Gasteiger partial charge in [0.05, 0.1) is 0 Å². The van der Waals surface area contributed by atoms with E-state index >= 15 is 0 Å². The lowest BCUT2D eigenvalue weighted by molar-refractivity contribution is 0.288. The summed E-state index contributed by atoms with van der Waals surface area (Å²) in [6, 6.07) is 6.89. The van der Waals surface area contributed by atoms with Crippen LogP contribution in [-0.2, 0) is 18.4 Å². The fourth-order valence-electron chi connectivity index (χ4n) is 2.82. The molecule has 0 fully saturated rings. The largest absolute Gasteiger partial charge is 0.396 e. The summed E-state index contributed by atoms with van der Waals surface area (Å²) in [4.78, 5) is 0. The summed E-state index contributed by atoms with van der Waals surface area (Å²) in [7, 11) is 0. The molecule has 0 aliphatic carbocycles. The fraction of sp³-hybridized carbons (Fsp3) is 0.579. The van der Waals surface area contributed by atoms with Gasteiger partial charge in [-0.3, -0.25) is 0 Å². The van der Waals surface area contributed by atoms with E-state index in [1.807, 2.05) is 0 Å². The summed E-state index contributed by atoms with van der Waals surface area (Å²) in [6.45, 7) is 10.4. The molecule has 1 aromatic heterocycles. The topological polar surface area (TPSA) is 25.2 Å². The van der Waals surface area contributed by atoms with Crippen LogP contribution in [0.4, 0.5) is 0 Å². The molecule has 2 nitrogen and oxygen atoms in total. The number of nitrogens with zero attached hydrogens (tertiary/aromatic N) is 1. The maximum absolute atomic E-state index is 9.12. The lowest BCUT2D eigenvalue weighted by atomic mass is 9.86. The van der Waals surface area contributed by atoms with Crippen molar-refractivity contribution in [2.24, 2.45) is 0 Å². The molecule has 0 amide bonds. The van der Waals surface area contributed by atoms with Crippen molar-refractivity contribution in [2.45, 2.75) is 65.3 Å².